The number of carbonyl (C=O) groups excluding carboxylic acids is 1. The van der Waals surface area contributed by atoms with E-state index in [1.807, 2.05) is 18.2 Å². The highest BCUT2D eigenvalue weighted by molar-refractivity contribution is 7.88. The quantitative estimate of drug-likeness (QED) is 0.833. The summed E-state index contributed by atoms with van der Waals surface area (Å²) in [6.07, 6.45) is 3.75. The Morgan fingerprint density at radius 2 is 1.95 bits per heavy atom. The van der Waals surface area contributed by atoms with E-state index in [2.05, 4.69) is 6.07 Å². The number of nitrogens with zero attached hydrogens (tertiary/aromatic N) is 2. The summed E-state index contributed by atoms with van der Waals surface area (Å²) in [5, 5.41) is 0. The average molecular weight is 308 g/mol. The lowest BCUT2D eigenvalue weighted by atomic mass is 10.00. The van der Waals surface area contributed by atoms with Crippen molar-refractivity contribution in [2.75, 3.05) is 19.3 Å². The standard InChI is InChI=1S/C15H20N2O3S/c1-21(19,20)17(14-6-7-14)11-15(18)16-9-8-12-4-2-3-5-13(12)10-16/h2-5,14H,6-11H2,1H3. The van der Waals surface area contributed by atoms with E-state index in [0.29, 0.717) is 13.1 Å². The fourth-order valence-electron chi connectivity index (χ4n) is 2.82. The highest BCUT2D eigenvalue weighted by atomic mass is 32.2. The third-order valence-corrected chi connectivity index (χ3v) is 5.43. The van der Waals surface area contributed by atoms with E-state index in [9.17, 15) is 13.2 Å². The lowest BCUT2D eigenvalue weighted by molar-refractivity contribution is -0.132. The van der Waals surface area contributed by atoms with E-state index in [0.717, 1.165) is 24.8 Å². The van der Waals surface area contributed by atoms with Crippen LogP contribution in [-0.2, 0) is 27.8 Å². The van der Waals surface area contributed by atoms with Crippen LogP contribution in [0.2, 0.25) is 0 Å². The number of hydrogen-bond donors (Lipinski definition) is 0. The molecule has 0 saturated heterocycles. The lowest BCUT2D eigenvalue weighted by Gasteiger charge is -2.30. The van der Waals surface area contributed by atoms with Crippen LogP contribution >= 0.6 is 0 Å². The molecule has 0 N–H and O–H groups in total. The number of fused-ring (bicyclic) bond motifs is 1. The van der Waals surface area contributed by atoms with Crippen LogP contribution in [0.3, 0.4) is 0 Å². The number of benzene rings is 1. The van der Waals surface area contributed by atoms with Crippen LogP contribution in [0.1, 0.15) is 24.0 Å². The predicted molar refractivity (Wildman–Crippen MR) is 80.1 cm³/mol. The Hall–Kier alpha value is -1.40. The van der Waals surface area contributed by atoms with Gasteiger partial charge in [-0.15, -0.1) is 0 Å². The number of carbonyl (C=O) groups is 1. The zero-order valence-corrected chi connectivity index (χ0v) is 13.0. The van der Waals surface area contributed by atoms with Crippen molar-refractivity contribution in [3.63, 3.8) is 0 Å². The second-order valence-corrected chi connectivity index (χ2v) is 7.81. The van der Waals surface area contributed by atoms with Crippen molar-refractivity contribution in [2.45, 2.75) is 31.8 Å². The van der Waals surface area contributed by atoms with E-state index < -0.39 is 10.0 Å². The van der Waals surface area contributed by atoms with Crippen molar-refractivity contribution in [3.05, 3.63) is 35.4 Å². The first-order chi connectivity index (χ1) is 9.95. The maximum atomic E-state index is 12.4. The van der Waals surface area contributed by atoms with Gasteiger partial charge in [0, 0.05) is 19.1 Å². The largest absolute Gasteiger partial charge is 0.337 e. The van der Waals surface area contributed by atoms with Gasteiger partial charge in [0.25, 0.3) is 0 Å². The molecule has 1 aromatic rings. The summed E-state index contributed by atoms with van der Waals surface area (Å²) >= 11 is 0. The lowest BCUT2D eigenvalue weighted by Crippen LogP contribution is -2.45. The van der Waals surface area contributed by atoms with Crippen molar-refractivity contribution in [1.29, 1.82) is 0 Å². The number of rotatable bonds is 4. The monoisotopic (exact) mass is 308 g/mol. The Kier molecular flexibility index (Phi) is 3.75. The van der Waals surface area contributed by atoms with Crippen LogP contribution in [0.4, 0.5) is 0 Å². The Balaban J connectivity index is 1.69. The summed E-state index contributed by atoms with van der Waals surface area (Å²) in [7, 11) is -3.31. The van der Waals surface area contributed by atoms with Crippen molar-refractivity contribution in [1.82, 2.24) is 9.21 Å². The summed E-state index contributed by atoms with van der Waals surface area (Å²) in [4.78, 5) is 14.2. The van der Waals surface area contributed by atoms with Crippen molar-refractivity contribution in [3.8, 4) is 0 Å². The van der Waals surface area contributed by atoms with Gasteiger partial charge in [-0.3, -0.25) is 4.79 Å². The van der Waals surface area contributed by atoms with E-state index in [4.69, 9.17) is 0 Å². The molecule has 1 amide bonds. The number of hydrogen-bond acceptors (Lipinski definition) is 3. The average Bonchev–Trinajstić information content (AvgIpc) is 3.27. The summed E-state index contributed by atoms with van der Waals surface area (Å²) in [6, 6.07) is 8.13. The van der Waals surface area contributed by atoms with E-state index in [1.165, 1.54) is 16.1 Å². The van der Waals surface area contributed by atoms with Gasteiger partial charge in [-0.25, -0.2) is 8.42 Å². The zero-order valence-electron chi connectivity index (χ0n) is 12.2. The normalized spacial score (nSPS) is 18.7. The van der Waals surface area contributed by atoms with Gasteiger partial charge in [0.1, 0.15) is 0 Å². The second kappa shape index (κ2) is 5.42. The summed E-state index contributed by atoms with van der Waals surface area (Å²) in [5.41, 5.74) is 2.44. The number of amides is 1. The topological polar surface area (TPSA) is 57.7 Å². The van der Waals surface area contributed by atoms with Crippen molar-refractivity contribution in [2.24, 2.45) is 0 Å². The summed E-state index contributed by atoms with van der Waals surface area (Å²) in [6.45, 7) is 1.22. The molecule has 1 saturated carbocycles. The van der Waals surface area contributed by atoms with Crippen LogP contribution in [-0.4, -0.2) is 48.9 Å². The molecule has 21 heavy (non-hydrogen) atoms. The molecule has 3 rings (SSSR count). The van der Waals surface area contributed by atoms with Crippen molar-refractivity contribution < 1.29 is 13.2 Å². The molecule has 114 valence electrons. The Labute approximate surface area is 125 Å². The van der Waals surface area contributed by atoms with Crippen LogP contribution in [0.25, 0.3) is 0 Å². The predicted octanol–water partition coefficient (Wildman–Crippen LogP) is 0.995. The molecule has 0 spiro atoms. The van der Waals surface area contributed by atoms with Gasteiger partial charge >= 0.3 is 0 Å². The van der Waals surface area contributed by atoms with Crippen LogP contribution in [0.15, 0.2) is 24.3 Å². The second-order valence-electron chi connectivity index (χ2n) is 5.87. The first-order valence-corrected chi connectivity index (χ1v) is 9.11. The molecule has 2 aliphatic rings. The molecule has 0 bridgehead atoms. The van der Waals surface area contributed by atoms with Gasteiger partial charge in [0.05, 0.1) is 12.8 Å². The fraction of sp³-hybridized carbons (Fsp3) is 0.533. The third kappa shape index (κ3) is 3.27. The molecule has 1 aromatic carbocycles. The molecule has 6 heteroatoms. The van der Waals surface area contributed by atoms with Gasteiger partial charge in [0.2, 0.25) is 15.9 Å². The van der Waals surface area contributed by atoms with Crippen LogP contribution in [0.5, 0.6) is 0 Å². The van der Waals surface area contributed by atoms with E-state index in [1.54, 1.807) is 4.90 Å². The molecule has 1 aliphatic heterocycles. The Morgan fingerprint density at radius 1 is 1.29 bits per heavy atom. The Morgan fingerprint density at radius 3 is 2.57 bits per heavy atom. The van der Waals surface area contributed by atoms with Gasteiger partial charge in [-0.1, -0.05) is 24.3 Å². The number of sulfonamides is 1. The molecule has 1 fully saturated rings. The maximum Gasteiger partial charge on any atom is 0.238 e. The molecular weight excluding hydrogens is 288 g/mol. The van der Waals surface area contributed by atoms with Crippen LogP contribution < -0.4 is 0 Å². The molecule has 0 aromatic heterocycles. The highest BCUT2D eigenvalue weighted by Crippen LogP contribution is 2.29. The van der Waals surface area contributed by atoms with Gasteiger partial charge in [-0.2, -0.15) is 4.31 Å². The van der Waals surface area contributed by atoms with E-state index >= 15 is 0 Å². The minimum Gasteiger partial charge on any atom is -0.337 e. The molecule has 0 unspecified atom stereocenters. The van der Waals surface area contributed by atoms with E-state index in [-0.39, 0.29) is 18.5 Å². The third-order valence-electron chi connectivity index (χ3n) is 4.15. The SMILES string of the molecule is CS(=O)(=O)N(CC(=O)N1CCc2ccccc2C1)C1CC1. The summed E-state index contributed by atoms with van der Waals surface area (Å²) < 4.78 is 24.9. The van der Waals surface area contributed by atoms with Gasteiger partial charge in [-0.05, 0) is 30.4 Å². The highest BCUT2D eigenvalue weighted by Gasteiger charge is 2.37. The first kappa shape index (κ1) is 14.5. The minimum absolute atomic E-state index is 0.0222. The first-order valence-electron chi connectivity index (χ1n) is 7.26. The molecule has 5 nitrogen and oxygen atoms in total. The zero-order chi connectivity index (χ0) is 15.0. The molecule has 1 aliphatic carbocycles. The maximum absolute atomic E-state index is 12.4. The fourth-order valence-corrected chi connectivity index (χ4v) is 3.92. The molecular formula is C15H20N2O3S. The van der Waals surface area contributed by atoms with Gasteiger partial charge < -0.3 is 4.90 Å². The smallest absolute Gasteiger partial charge is 0.238 e. The molecule has 0 atom stereocenters. The summed E-state index contributed by atoms with van der Waals surface area (Å²) in [5.74, 6) is -0.0955. The van der Waals surface area contributed by atoms with Gasteiger partial charge in [0.15, 0.2) is 0 Å². The minimum atomic E-state index is -3.31. The molecule has 0 radical (unpaired) electrons. The van der Waals surface area contributed by atoms with Crippen LogP contribution in [0, 0.1) is 0 Å². The molecule has 1 heterocycles. The van der Waals surface area contributed by atoms with Crippen molar-refractivity contribution >= 4 is 15.9 Å². The Bertz CT molecular complexity index is 653.